The Kier molecular flexibility index (Phi) is 3.37. The zero-order valence-corrected chi connectivity index (χ0v) is 14.6. The minimum absolute atomic E-state index is 0.213. The third kappa shape index (κ3) is 2.81. The van der Waals surface area contributed by atoms with E-state index in [2.05, 4.69) is 12.1 Å². The van der Waals surface area contributed by atoms with E-state index in [0.29, 0.717) is 11.0 Å². The lowest BCUT2D eigenvalue weighted by Gasteiger charge is -2.57. The van der Waals surface area contributed by atoms with Crippen LogP contribution in [0.4, 0.5) is 0 Å². The van der Waals surface area contributed by atoms with Gasteiger partial charge in [0.25, 0.3) is 0 Å². The Labute approximate surface area is 139 Å². The van der Waals surface area contributed by atoms with Crippen LogP contribution < -0.4 is 0 Å². The smallest absolute Gasteiger partial charge is 0.338 e. The minimum atomic E-state index is -0.435. The molecule has 0 saturated heterocycles. The first-order valence-electron chi connectivity index (χ1n) is 9.17. The van der Waals surface area contributed by atoms with Gasteiger partial charge in [-0.3, -0.25) is 0 Å². The summed E-state index contributed by atoms with van der Waals surface area (Å²) in [5.74, 6) is 2.64. The van der Waals surface area contributed by atoms with Gasteiger partial charge in [-0.15, -0.1) is 0 Å². The molecular formula is C21H28O2. The average Bonchev–Trinajstić information content (AvgIpc) is 2.44. The largest absolute Gasteiger partial charge is 0.456 e. The summed E-state index contributed by atoms with van der Waals surface area (Å²) in [5.41, 5.74) is 2.11. The molecule has 0 radical (unpaired) electrons. The van der Waals surface area contributed by atoms with Gasteiger partial charge in [0.2, 0.25) is 0 Å². The number of benzene rings is 1. The Hall–Kier alpha value is -1.31. The van der Waals surface area contributed by atoms with Crippen LogP contribution in [0.2, 0.25) is 0 Å². The van der Waals surface area contributed by atoms with E-state index >= 15 is 0 Å². The Bertz CT molecular complexity index is 570. The average molecular weight is 312 g/mol. The van der Waals surface area contributed by atoms with E-state index in [-0.39, 0.29) is 5.97 Å². The molecule has 4 bridgehead atoms. The van der Waals surface area contributed by atoms with Crippen LogP contribution in [0.5, 0.6) is 0 Å². The maximum absolute atomic E-state index is 12.2. The van der Waals surface area contributed by atoms with Crippen LogP contribution >= 0.6 is 0 Å². The SMILES string of the molecule is CC(C)(C)OC(=O)c1ccc(C23CC4CC(CC(C4)C2)C3)cc1. The molecule has 2 nitrogen and oxygen atoms in total. The summed E-state index contributed by atoms with van der Waals surface area (Å²) in [6.45, 7) is 5.73. The molecule has 0 amide bonds. The molecule has 1 aromatic carbocycles. The van der Waals surface area contributed by atoms with E-state index in [1.54, 1.807) is 0 Å². The number of rotatable bonds is 2. The van der Waals surface area contributed by atoms with Crippen molar-refractivity contribution in [3.05, 3.63) is 35.4 Å². The van der Waals surface area contributed by atoms with E-state index in [0.717, 1.165) is 17.8 Å². The van der Waals surface area contributed by atoms with Gasteiger partial charge in [0.15, 0.2) is 0 Å². The monoisotopic (exact) mass is 312 g/mol. The molecule has 0 N–H and O–H groups in total. The van der Waals surface area contributed by atoms with Crippen molar-refractivity contribution < 1.29 is 9.53 Å². The second-order valence-electron chi connectivity index (χ2n) is 9.28. The first-order valence-corrected chi connectivity index (χ1v) is 9.17. The quantitative estimate of drug-likeness (QED) is 0.709. The van der Waals surface area contributed by atoms with E-state index in [9.17, 15) is 4.79 Å². The van der Waals surface area contributed by atoms with Crippen LogP contribution in [0.3, 0.4) is 0 Å². The van der Waals surface area contributed by atoms with Crippen molar-refractivity contribution in [3.63, 3.8) is 0 Å². The van der Waals surface area contributed by atoms with Gasteiger partial charge < -0.3 is 4.74 Å². The minimum Gasteiger partial charge on any atom is -0.456 e. The highest BCUT2D eigenvalue weighted by Gasteiger charge is 2.51. The lowest BCUT2D eigenvalue weighted by molar-refractivity contribution is -0.00532. The molecule has 4 aliphatic carbocycles. The maximum atomic E-state index is 12.2. The highest BCUT2D eigenvalue weighted by atomic mass is 16.6. The zero-order chi connectivity index (χ0) is 16.2. The van der Waals surface area contributed by atoms with Gasteiger partial charge >= 0.3 is 5.97 Å². The first-order chi connectivity index (χ1) is 10.8. The van der Waals surface area contributed by atoms with Crippen molar-refractivity contribution in [2.24, 2.45) is 17.8 Å². The summed E-state index contributed by atoms with van der Waals surface area (Å²) in [4.78, 5) is 12.2. The molecule has 1 aromatic rings. The van der Waals surface area contributed by atoms with Gasteiger partial charge in [0, 0.05) is 0 Å². The van der Waals surface area contributed by atoms with E-state index in [1.807, 2.05) is 32.9 Å². The predicted molar refractivity (Wildman–Crippen MR) is 91.5 cm³/mol. The third-order valence-corrected chi connectivity index (χ3v) is 6.17. The van der Waals surface area contributed by atoms with E-state index in [1.165, 1.54) is 44.1 Å². The molecule has 4 saturated carbocycles. The maximum Gasteiger partial charge on any atom is 0.338 e. The molecule has 0 unspecified atom stereocenters. The number of hydrogen-bond acceptors (Lipinski definition) is 2. The Morgan fingerprint density at radius 1 is 0.957 bits per heavy atom. The number of esters is 1. The third-order valence-electron chi connectivity index (χ3n) is 6.17. The first kappa shape index (κ1) is 15.2. The van der Waals surface area contributed by atoms with Crippen LogP contribution in [0.1, 0.15) is 75.2 Å². The van der Waals surface area contributed by atoms with Gasteiger partial charge in [-0.25, -0.2) is 4.79 Å². The van der Waals surface area contributed by atoms with Gasteiger partial charge in [-0.2, -0.15) is 0 Å². The highest BCUT2D eigenvalue weighted by molar-refractivity contribution is 5.89. The van der Waals surface area contributed by atoms with Crippen LogP contribution in [0.15, 0.2) is 24.3 Å². The van der Waals surface area contributed by atoms with Crippen molar-refractivity contribution in [1.82, 2.24) is 0 Å². The summed E-state index contributed by atoms with van der Waals surface area (Å²) in [6.07, 6.45) is 8.50. The second-order valence-corrected chi connectivity index (χ2v) is 9.28. The van der Waals surface area contributed by atoms with Gasteiger partial charge in [0.05, 0.1) is 5.56 Å². The van der Waals surface area contributed by atoms with E-state index in [4.69, 9.17) is 4.74 Å². The highest BCUT2D eigenvalue weighted by Crippen LogP contribution is 2.60. The molecular weight excluding hydrogens is 284 g/mol. The molecule has 124 valence electrons. The van der Waals surface area contributed by atoms with Crippen molar-refractivity contribution in [2.45, 2.75) is 70.3 Å². The molecule has 0 atom stereocenters. The molecule has 5 rings (SSSR count). The molecule has 0 aliphatic heterocycles. The normalized spacial score (nSPS) is 35.3. The molecule has 0 aromatic heterocycles. The van der Waals surface area contributed by atoms with Crippen molar-refractivity contribution in [3.8, 4) is 0 Å². The fraction of sp³-hybridized carbons (Fsp3) is 0.667. The molecule has 23 heavy (non-hydrogen) atoms. The molecule has 4 fully saturated rings. The summed E-state index contributed by atoms with van der Waals surface area (Å²) in [7, 11) is 0. The van der Waals surface area contributed by atoms with Crippen molar-refractivity contribution in [1.29, 1.82) is 0 Å². The van der Waals surface area contributed by atoms with Crippen molar-refractivity contribution >= 4 is 5.97 Å². The van der Waals surface area contributed by atoms with E-state index < -0.39 is 5.60 Å². The molecule has 0 heterocycles. The molecule has 0 spiro atoms. The molecule has 4 aliphatic rings. The van der Waals surface area contributed by atoms with Crippen LogP contribution in [-0.2, 0) is 10.2 Å². The number of ether oxygens (including phenoxy) is 1. The van der Waals surface area contributed by atoms with Gasteiger partial charge in [-0.05, 0) is 100 Å². The Morgan fingerprint density at radius 3 is 1.87 bits per heavy atom. The fourth-order valence-corrected chi connectivity index (χ4v) is 5.76. The lowest BCUT2D eigenvalue weighted by Crippen LogP contribution is -2.48. The fourth-order valence-electron chi connectivity index (χ4n) is 5.76. The van der Waals surface area contributed by atoms with Crippen molar-refractivity contribution in [2.75, 3.05) is 0 Å². The van der Waals surface area contributed by atoms with Crippen LogP contribution in [0.25, 0.3) is 0 Å². The lowest BCUT2D eigenvalue weighted by atomic mass is 9.48. The predicted octanol–water partition coefficient (Wildman–Crippen LogP) is 5.11. The second kappa shape index (κ2) is 5.09. The zero-order valence-electron chi connectivity index (χ0n) is 14.6. The van der Waals surface area contributed by atoms with Crippen LogP contribution in [-0.4, -0.2) is 11.6 Å². The summed E-state index contributed by atoms with van der Waals surface area (Å²) in [6, 6.07) is 8.35. The van der Waals surface area contributed by atoms with Gasteiger partial charge in [-0.1, -0.05) is 12.1 Å². The Balaban J connectivity index is 1.56. The Morgan fingerprint density at radius 2 is 1.43 bits per heavy atom. The molecule has 2 heteroatoms. The topological polar surface area (TPSA) is 26.3 Å². The summed E-state index contributed by atoms with van der Waals surface area (Å²) in [5, 5.41) is 0. The number of carbonyl (C=O) groups is 1. The summed E-state index contributed by atoms with van der Waals surface area (Å²) < 4.78 is 5.47. The number of carbonyl (C=O) groups excluding carboxylic acids is 1. The summed E-state index contributed by atoms with van der Waals surface area (Å²) >= 11 is 0. The van der Waals surface area contributed by atoms with Gasteiger partial charge in [0.1, 0.15) is 5.60 Å². The van der Waals surface area contributed by atoms with Crippen LogP contribution in [0, 0.1) is 17.8 Å². The number of hydrogen-bond donors (Lipinski definition) is 0. The standard InChI is InChI=1S/C21H28O2/c1-20(2,3)23-19(22)17-4-6-18(7-5-17)21-11-14-8-15(12-21)10-16(9-14)13-21/h4-7,14-16H,8-13H2,1-3H3.